The Morgan fingerprint density at radius 1 is 1.40 bits per heavy atom. The number of aliphatic hydroxyl groups excluding tert-OH is 1. The molecule has 3 aliphatic heterocycles. The largest absolute Gasteiger partial charge is 0.497 e. The zero-order chi connectivity index (χ0) is 16.7. The molecule has 0 spiro atoms. The van der Waals surface area contributed by atoms with Crippen molar-refractivity contribution in [1.82, 2.24) is 9.88 Å². The number of aromatic nitrogens is 1. The second-order valence-corrected chi connectivity index (χ2v) is 6.97. The smallest absolute Gasteiger partial charge is 0.119 e. The van der Waals surface area contributed by atoms with Crippen molar-refractivity contribution in [2.75, 3.05) is 20.2 Å². The highest BCUT2D eigenvalue weighted by molar-refractivity contribution is 5.85. The molecule has 0 aliphatic carbocycles. The Balaban J connectivity index is 0.00000182. The van der Waals surface area contributed by atoms with E-state index in [0.717, 1.165) is 41.7 Å². The Labute approximate surface area is 154 Å². The molecule has 3 aliphatic rings. The molecular formula is C20H25ClN2O2. The quantitative estimate of drug-likeness (QED) is 0.846. The van der Waals surface area contributed by atoms with Gasteiger partial charge in [0, 0.05) is 24.2 Å². The SMILES string of the molecule is C=CC1CN2CCC1C[C@@H]2[C@H](O)c1ccnc2ccc(OC)cc12.Cl. The molecule has 1 aromatic carbocycles. The lowest BCUT2D eigenvalue weighted by Gasteiger charge is -2.50. The van der Waals surface area contributed by atoms with Crippen LogP contribution in [0.1, 0.15) is 24.5 Å². The number of hydrogen-bond acceptors (Lipinski definition) is 4. The molecule has 2 bridgehead atoms. The fraction of sp³-hybridized carbons (Fsp3) is 0.450. The number of benzene rings is 1. The van der Waals surface area contributed by atoms with Crippen molar-refractivity contribution >= 4 is 23.3 Å². The zero-order valence-electron chi connectivity index (χ0n) is 14.5. The Hall–Kier alpha value is -1.62. The first-order chi connectivity index (χ1) is 11.7. The van der Waals surface area contributed by atoms with Gasteiger partial charge < -0.3 is 9.84 Å². The van der Waals surface area contributed by atoms with Gasteiger partial charge in [-0.3, -0.25) is 9.88 Å². The van der Waals surface area contributed by atoms with E-state index in [2.05, 4.69) is 22.5 Å². The maximum Gasteiger partial charge on any atom is 0.119 e. The first-order valence-electron chi connectivity index (χ1n) is 8.68. The van der Waals surface area contributed by atoms with Gasteiger partial charge in [0.05, 0.1) is 18.7 Å². The summed E-state index contributed by atoms with van der Waals surface area (Å²) >= 11 is 0. The second-order valence-electron chi connectivity index (χ2n) is 6.97. The lowest BCUT2D eigenvalue weighted by Crippen LogP contribution is -2.54. The molecule has 5 atom stereocenters. The molecule has 0 amide bonds. The maximum absolute atomic E-state index is 11.2. The number of fused-ring (bicyclic) bond motifs is 4. The highest BCUT2D eigenvalue weighted by atomic mass is 35.5. The van der Waals surface area contributed by atoms with Crippen LogP contribution in [0, 0.1) is 11.8 Å². The van der Waals surface area contributed by atoms with Crippen molar-refractivity contribution in [2.45, 2.75) is 25.0 Å². The number of methoxy groups -OCH3 is 1. The fourth-order valence-electron chi connectivity index (χ4n) is 4.44. The highest BCUT2D eigenvalue weighted by Gasteiger charge is 2.42. The number of rotatable bonds is 4. The number of ether oxygens (including phenoxy) is 1. The van der Waals surface area contributed by atoms with Crippen molar-refractivity contribution in [2.24, 2.45) is 11.8 Å². The Kier molecular flexibility index (Phi) is 5.32. The molecule has 0 radical (unpaired) electrons. The Bertz CT molecular complexity index is 766. The molecule has 134 valence electrons. The van der Waals surface area contributed by atoms with Crippen molar-refractivity contribution in [3.63, 3.8) is 0 Å². The summed E-state index contributed by atoms with van der Waals surface area (Å²) in [5.41, 5.74) is 1.85. The molecule has 5 rings (SSSR count). The van der Waals surface area contributed by atoms with Gasteiger partial charge in [0.1, 0.15) is 5.75 Å². The molecule has 3 fully saturated rings. The Morgan fingerprint density at radius 2 is 2.24 bits per heavy atom. The van der Waals surface area contributed by atoms with Gasteiger partial charge in [-0.05, 0) is 61.1 Å². The predicted octanol–water partition coefficient (Wildman–Crippen LogP) is 3.60. The van der Waals surface area contributed by atoms with E-state index in [-0.39, 0.29) is 18.4 Å². The summed E-state index contributed by atoms with van der Waals surface area (Å²) in [4.78, 5) is 6.86. The summed E-state index contributed by atoms with van der Waals surface area (Å²) in [7, 11) is 1.66. The van der Waals surface area contributed by atoms with E-state index in [0.29, 0.717) is 11.8 Å². The minimum absolute atomic E-state index is 0. The molecule has 2 aromatic rings. The molecule has 4 heterocycles. The minimum atomic E-state index is -0.504. The minimum Gasteiger partial charge on any atom is -0.497 e. The summed E-state index contributed by atoms with van der Waals surface area (Å²) in [6, 6.07) is 7.96. The third-order valence-electron chi connectivity index (χ3n) is 5.82. The van der Waals surface area contributed by atoms with E-state index in [9.17, 15) is 5.11 Å². The number of halogens is 1. The van der Waals surface area contributed by atoms with Gasteiger partial charge in [-0.2, -0.15) is 0 Å². The second kappa shape index (κ2) is 7.32. The summed E-state index contributed by atoms with van der Waals surface area (Å²) in [6.07, 6.45) is 5.62. The summed E-state index contributed by atoms with van der Waals surface area (Å²) in [5, 5.41) is 12.1. The van der Waals surface area contributed by atoms with E-state index >= 15 is 0 Å². The average molecular weight is 361 g/mol. The van der Waals surface area contributed by atoms with Gasteiger partial charge in [-0.15, -0.1) is 19.0 Å². The van der Waals surface area contributed by atoms with Crippen molar-refractivity contribution in [1.29, 1.82) is 0 Å². The van der Waals surface area contributed by atoms with Crippen LogP contribution in [-0.2, 0) is 0 Å². The van der Waals surface area contributed by atoms with Crippen LogP contribution in [0.4, 0.5) is 0 Å². The van der Waals surface area contributed by atoms with Gasteiger partial charge in [0.25, 0.3) is 0 Å². The molecule has 5 heteroatoms. The Morgan fingerprint density at radius 3 is 2.92 bits per heavy atom. The number of aliphatic hydroxyl groups is 1. The maximum atomic E-state index is 11.2. The van der Waals surface area contributed by atoms with E-state index in [1.807, 2.05) is 24.3 Å². The van der Waals surface area contributed by atoms with Gasteiger partial charge in [-0.1, -0.05) is 6.08 Å². The van der Waals surface area contributed by atoms with Crippen molar-refractivity contribution < 1.29 is 9.84 Å². The van der Waals surface area contributed by atoms with Crippen molar-refractivity contribution in [3.05, 3.63) is 48.7 Å². The van der Waals surface area contributed by atoms with Crippen LogP contribution < -0.4 is 4.74 Å². The molecule has 3 unspecified atom stereocenters. The monoisotopic (exact) mass is 360 g/mol. The van der Waals surface area contributed by atoms with E-state index in [1.54, 1.807) is 13.3 Å². The number of pyridine rings is 1. The van der Waals surface area contributed by atoms with E-state index in [4.69, 9.17) is 4.74 Å². The normalized spacial score (nSPS) is 29.0. The van der Waals surface area contributed by atoms with Gasteiger partial charge in [0.15, 0.2) is 0 Å². The predicted molar refractivity (Wildman–Crippen MR) is 102 cm³/mol. The molecular weight excluding hydrogens is 336 g/mol. The first-order valence-corrected chi connectivity index (χ1v) is 8.68. The summed E-state index contributed by atoms with van der Waals surface area (Å²) < 4.78 is 5.35. The molecule has 1 aromatic heterocycles. The third kappa shape index (κ3) is 3.14. The van der Waals surface area contributed by atoms with Gasteiger partial charge in [-0.25, -0.2) is 0 Å². The number of nitrogens with zero attached hydrogens (tertiary/aromatic N) is 2. The molecule has 1 N–H and O–H groups in total. The highest BCUT2D eigenvalue weighted by Crippen LogP contribution is 2.42. The van der Waals surface area contributed by atoms with Gasteiger partial charge >= 0.3 is 0 Å². The lowest BCUT2D eigenvalue weighted by molar-refractivity contribution is -0.0444. The summed E-state index contributed by atoms with van der Waals surface area (Å²) in [5.74, 6) is 2.01. The van der Waals surface area contributed by atoms with Crippen LogP contribution in [-0.4, -0.2) is 41.2 Å². The number of piperidine rings is 3. The molecule has 25 heavy (non-hydrogen) atoms. The van der Waals surface area contributed by atoms with Crippen molar-refractivity contribution in [3.8, 4) is 5.75 Å². The molecule has 4 nitrogen and oxygen atoms in total. The van der Waals surface area contributed by atoms with E-state index in [1.165, 1.54) is 6.42 Å². The van der Waals surface area contributed by atoms with Crippen LogP contribution in [0.25, 0.3) is 10.9 Å². The number of hydrogen-bond donors (Lipinski definition) is 1. The van der Waals surface area contributed by atoms with Crippen LogP contribution in [0.3, 0.4) is 0 Å². The molecule has 3 saturated heterocycles. The average Bonchev–Trinajstić information content (AvgIpc) is 2.66. The van der Waals surface area contributed by atoms with Crippen LogP contribution in [0.15, 0.2) is 43.1 Å². The third-order valence-corrected chi connectivity index (χ3v) is 5.82. The molecule has 0 saturated carbocycles. The fourth-order valence-corrected chi connectivity index (χ4v) is 4.44. The van der Waals surface area contributed by atoms with Gasteiger partial charge in [0.2, 0.25) is 0 Å². The topological polar surface area (TPSA) is 45.6 Å². The lowest BCUT2D eigenvalue weighted by atomic mass is 9.73. The summed E-state index contributed by atoms with van der Waals surface area (Å²) in [6.45, 7) is 6.07. The van der Waals surface area contributed by atoms with Crippen LogP contribution in [0.2, 0.25) is 0 Å². The van der Waals surface area contributed by atoms with E-state index < -0.39 is 6.10 Å². The van der Waals surface area contributed by atoms with Crippen LogP contribution >= 0.6 is 12.4 Å². The van der Waals surface area contributed by atoms with Crippen LogP contribution in [0.5, 0.6) is 5.75 Å². The zero-order valence-corrected chi connectivity index (χ0v) is 15.3. The first kappa shape index (κ1) is 18.2. The standard InChI is InChI=1S/C20H24N2O2.ClH/c1-3-13-12-22-9-7-14(13)10-19(22)20(23)16-6-8-21-18-5-4-15(24-2)11-17(16)18;/h3-6,8,11,13-14,19-20,23H,1,7,9-10,12H2,2H3;1H/t13?,14?,19-,20-;/m1./s1.